The Morgan fingerprint density at radius 3 is 2.59 bits per heavy atom. The summed E-state index contributed by atoms with van der Waals surface area (Å²) in [5, 5.41) is 0. The Balaban J connectivity index is 1.60. The number of nitrogens with zero attached hydrogens (tertiary/aromatic N) is 2. The first-order valence-electron chi connectivity index (χ1n) is 6.95. The lowest BCUT2D eigenvalue weighted by Crippen LogP contribution is -2.55. The molecule has 1 unspecified atom stereocenters. The topological polar surface area (TPSA) is 32.8 Å². The molecule has 4 nitrogen and oxygen atoms in total. The molecule has 0 aromatic carbocycles. The third kappa shape index (κ3) is 2.63. The second kappa shape index (κ2) is 4.94. The summed E-state index contributed by atoms with van der Waals surface area (Å²) in [5.74, 6) is 1.19. The van der Waals surface area contributed by atoms with Gasteiger partial charge in [-0.3, -0.25) is 9.69 Å². The summed E-state index contributed by atoms with van der Waals surface area (Å²) in [6.07, 6.45) is 4.86. The van der Waals surface area contributed by atoms with E-state index < -0.39 is 0 Å². The molecule has 0 spiro atoms. The summed E-state index contributed by atoms with van der Waals surface area (Å²) in [4.78, 5) is 16.9. The zero-order valence-electron chi connectivity index (χ0n) is 10.4. The molecule has 1 amide bonds. The molecule has 0 radical (unpaired) electrons. The Morgan fingerprint density at radius 2 is 1.88 bits per heavy atom. The quantitative estimate of drug-likeness (QED) is 0.726. The third-order valence-electron chi connectivity index (χ3n) is 4.16. The van der Waals surface area contributed by atoms with Gasteiger partial charge in [-0.15, -0.1) is 0 Å². The maximum Gasteiger partial charge on any atom is 0.239 e. The molecule has 3 rings (SSSR count). The Hall–Kier alpha value is -0.610. The number of carbonyl (C=O) groups is 1. The van der Waals surface area contributed by atoms with Crippen molar-refractivity contribution in [3.05, 3.63) is 0 Å². The van der Waals surface area contributed by atoms with Crippen molar-refractivity contribution < 1.29 is 9.53 Å². The lowest BCUT2D eigenvalue weighted by molar-refractivity contribution is -0.142. The van der Waals surface area contributed by atoms with Gasteiger partial charge in [-0.25, -0.2) is 0 Å². The van der Waals surface area contributed by atoms with Crippen LogP contribution in [0.2, 0.25) is 0 Å². The van der Waals surface area contributed by atoms with Crippen LogP contribution >= 0.6 is 0 Å². The van der Waals surface area contributed by atoms with E-state index in [0.29, 0.717) is 5.91 Å². The fourth-order valence-electron chi connectivity index (χ4n) is 2.94. The van der Waals surface area contributed by atoms with Crippen LogP contribution in [0.15, 0.2) is 0 Å². The predicted octanol–water partition coefficient (Wildman–Crippen LogP) is 0.720. The van der Waals surface area contributed by atoms with E-state index in [0.717, 1.165) is 51.7 Å². The Labute approximate surface area is 103 Å². The average molecular weight is 238 g/mol. The van der Waals surface area contributed by atoms with Gasteiger partial charge in [0.15, 0.2) is 0 Å². The smallest absolute Gasteiger partial charge is 0.239 e. The van der Waals surface area contributed by atoms with E-state index in [1.165, 1.54) is 19.3 Å². The largest absolute Gasteiger partial charge is 0.379 e. The lowest BCUT2D eigenvalue weighted by atomic mass is 10.0. The molecule has 96 valence electrons. The second-order valence-electron chi connectivity index (χ2n) is 5.53. The molecule has 2 aliphatic heterocycles. The minimum atomic E-state index is 0.145. The first kappa shape index (κ1) is 11.5. The van der Waals surface area contributed by atoms with Gasteiger partial charge in [-0.2, -0.15) is 0 Å². The van der Waals surface area contributed by atoms with Crippen LogP contribution in [-0.2, 0) is 9.53 Å². The molecule has 0 N–H and O–H groups in total. The highest BCUT2D eigenvalue weighted by molar-refractivity contribution is 5.82. The molecule has 3 aliphatic rings. The van der Waals surface area contributed by atoms with Gasteiger partial charge in [0, 0.05) is 26.2 Å². The summed E-state index contributed by atoms with van der Waals surface area (Å²) in [6.45, 7) is 5.41. The van der Waals surface area contributed by atoms with Crippen LogP contribution in [0.4, 0.5) is 0 Å². The van der Waals surface area contributed by atoms with Crippen molar-refractivity contribution >= 4 is 5.91 Å². The van der Waals surface area contributed by atoms with Crippen molar-refractivity contribution in [2.45, 2.75) is 31.7 Å². The summed E-state index contributed by atoms with van der Waals surface area (Å²) < 4.78 is 5.36. The van der Waals surface area contributed by atoms with Gasteiger partial charge in [-0.05, 0) is 31.6 Å². The number of carbonyl (C=O) groups excluding carboxylic acids is 1. The number of likely N-dealkylation sites (tertiary alicyclic amines) is 1. The van der Waals surface area contributed by atoms with E-state index in [1.54, 1.807) is 0 Å². The van der Waals surface area contributed by atoms with Crippen LogP contribution in [0, 0.1) is 5.92 Å². The Bertz CT molecular complexity index is 285. The molecule has 4 heteroatoms. The molecule has 2 heterocycles. The van der Waals surface area contributed by atoms with Crippen molar-refractivity contribution in [1.82, 2.24) is 9.80 Å². The Kier molecular flexibility index (Phi) is 3.34. The Morgan fingerprint density at radius 1 is 1.12 bits per heavy atom. The second-order valence-corrected chi connectivity index (χ2v) is 5.53. The number of amides is 1. The average Bonchev–Trinajstić information content (AvgIpc) is 3.17. The minimum absolute atomic E-state index is 0.145. The van der Waals surface area contributed by atoms with Crippen molar-refractivity contribution in [2.24, 2.45) is 5.92 Å². The molecule has 1 aliphatic carbocycles. The molecule has 2 saturated heterocycles. The van der Waals surface area contributed by atoms with Gasteiger partial charge >= 0.3 is 0 Å². The van der Waals surface area contributed by atoms with Gasteiger partial charge in [-0.1, -0.05) is 0 Å². The first-order chi connectivity index (χ1) is 8.34. The predicted molar refractivity (Wildman–Crippen MR) is 64.7 cm³/mol. The highest BCUT2D eigenvalue weighted by Gasteiger charge is 2.36. The first-order valence-corrected chi connectivity index (χ1v) is 6.95. The number of ether oxygens (including phenoxy) is 1. The summed E-state index contributed by atoms with van der Waals surface area (Å²) >= 11 is 0. The summed E-state index contributed by atoms with van der Waals surface area (Å²) in [7, 11) is 0. The summed E-state index contributed by atoms with van der Waals surface area (Å²) in [5.41, 5.74) is 0. The van der Waals surface area contributed by atoms with E-state index in [2.05, 4.69) is 9.80 Å². The highest BCUT2D eigenvalue weighted by Crippen LogP contribution is 2.31. The van der Waals surface area contributed by atoms with Crippen LogP contribution < -0.4 is 0 Å². The van der Waals surface area contributed by atoms with Gasteiger partial charge in [0.1, 0.15) is 0 Å². The molecular formula is C13H22N2O2. The maximum absolute atomic E-state index is 12.4. The van der Waals surface area contributed by atoms with E-state index >= 15 is 0 Å². The van der Waals surface area contributed by atoms with Crippen molar-refractivity contribution in [3.63, 3.8) is 0 Å². The number of rotatable bonds is 3. The minimum Gasteiger partial charge on any atom is -0.379 e. The zero-order valence-corrected chi connectivity index (χ0v) is 10.4. The zero-order chi connectivity index (χ0) is 11.7. The molecule has 1 saturated carbocycles. The molecule has 17 heavy (non-hydrogen) atoms. The van der Waals surface area contributed by atoms with E-state index in [4.69, 9.17) is 4.74 Å². The van der Waals surface area contributed by atoms with Crippen molar-refractivity contribution in [1.29, 1.82) is 0 Å². The fraction of sp³-hybridized carbons (Fsp3) is 0.923. The lowest BCUT2D eigenvalue weighted by Gasteiger charge is -2.40. The van der Waals surface area contributed by atoms with Crippen LogP contribution in [0.5, 0.6) is 0 Å². The molecule has 1 atom stereocenters. The van der Waals surface area contributed by atoms with Gasteiger partial charge in [0.2, 0.25) is 5.91 Å². The van der Waals surface area contributed by atoms with Crippen LogP contribution in [0.3, 0.4) is 0 Å². The molecular weight excluding hydrogens is 216 g/mol. The van der Waals surface area contributed by atoms with Crippen LogP contribution in [-0.4, -0.2) is 61.1 Å². The molecule has 0 aromatic heterocycles. The number of hydrogen-bond acceptors (Lipinski definition) is 3. The SMILES string of the molecule is O=C1C(N2CCOCC2)CCCN1CC1CC1. The third-order valence-corrected chi connectivity index (χ3v) is 4.16. The standard InChI is InChI=1S/C13H22N2O2/c16-13-12(14-6-8-17-9-7-14)2-1-5-15(13)10-11-3-4-11/h11-12H,1-10H2. The molecule has 3 fully saturated rings. The highest BCUT2D eigenvalue weighted by atomic mass is 16.5. The van der Waals surface area contributed by atoms with Crippen LogP contribution in [0.1, 0.15) is 25.7 Å². The van der Waals surface area contributed by atoms with Crippen molar-refractivity contribution in [3.8, 4) is 0 Å². The van der Waals surface area contributed by atoms with Crippen LogP contribution in [0.25, 0.3) is 0 Å². The summed E-state index contributed by atoms with van der Waals surface area (Å²) in [6, 6.07) is 0.145. The number of piperidine rings is 1. The number of hydrogen-bond donors (Lipinski definition) is 0. The normalized spacial score (nSPS) is 31.9. The molecule has 0 bridgehead atoms. The number of morpholine rings is 1. The van der Waals surface area contributed by atoms with Crippen molar-refractivity contribution in [2.75, 3.05) is 39.4 Å². The van der Waals surface area contributed by atoms with E-state index in [9.17, 15) is 4.79 Å². The molecule has 0 aromatic rings. The van der Waals surface area contributed by atoms with Gasteiger partial charge in [0.05, 0.1) is 19.3 Å². The maximum atomic E-state index is 12.4. The fourth-order valence-corrected chi connectivity index (χ4v) is 2.94. The van der Waals surface area contributed by atoms with E-state index in [1.807, 2.05) is 0 Å². The van der Waals surface area contributed by atoms with Gasteiger partial charge in [0.25, 0.3) is 0 Å². The van der Waals surface area contributed by atoms with Gasteiger partial charge < -0.3 is 9.64 Å². The van der Waals surface area contributed by atoms with E-state index in [-0.39, 0.29) is 6.04 Å². The monoisotopic (exact) mass is 238 g/mol.